The van der Waals surface area contributed by atoms with Crippen LogP contribution in [0.25, 0.3) is 0 Å². The van der Waals surface area contributed by atoms with Gasteiger partial charge in [0.15, 0.2) is 0 Å². The molecule has 7 heteroatoms. The number of halogens is 1. The molecule has 2 rings (SSSR count). The van der Waals surface area contributed by atoms with Gasteiger partial charge in [-0.15, -0.1) is 0 Å². The molecule has 0 saturated heterocycles. The third kappa shape index (κ3) is 4.28. The molecular formula is C17H18FN3O3. The molecule has 2 amide bonds. The summed E-state index contributed by atoms with van der Waals surface area (Å²) in [5.74, 6) is -0.952. The zero-order chi connectivity index (χ0) is 17.5. The Morgan fingerprint density at radius 2 is 1.88 bits per heavy atom. The van der Waals surface area contributed by atoms with Crippen LogP contribution < -0.4 is 15.4 Å². The van der Waals surface area contributed by atoms with E-state index in [-0.39, 0.29) is 30.4 Å². The number of ether oxygens (including phenoxy) is 1. The van der Waals surface area contributed by atoms with E-state index in [0.717, 1.165) is 0 Å². The van der Waals surface area contributed by atoms with Crippen LogP contribution in [0.2, 0.25) is 0 Å². The van der Waals surface area contributed by atoms with Gasteiger partial charge in [0.25, 0.3) is 11.8 Å². The van der Waals surface area contributed by atoms with Crippen LogP contribution >= 0.6 is 0 Å². The first-order chi connectivity index (χ1) is 11.5. The average molecular weight is 331 g/mol. The molecule has 126 valence electrons. The molecule has 1 aromatic heterocycles. The third-order valence-corrected chi connectivity index (χ3v) is 3.34. The fraction of sp³-hybridized carbons (Fsp3) is 0.235. The van der Waals surface area contributed by atoms with Crippen LogP contribution in [0.1, 0.15) is 26.3 Å². The molecule has 2 aromatic rings. The van der Waals surface area contributed by atoms with Gasteiger partial charge in [0.1, 0.15) is 11.4 Å². The first-order valence-electron chi connectivity index (χ1n) is 7.34. The molecular weight excluding hydrogens is 313 g/mol. The van der Waals surface area contributed by atoms with Gasteiger partial charge in [-0.1, -0.05) is 6.07 Å². The lowest BCUT2D eigenvalue weighted by atomic mass is 10.1. The molecule has 1 aromatic carbocycles. The summed E-state index contributed by atoms with van der Waals surface area (Å²) in [5.41, 5.74) is 1.02. The van der Waals surface area contributed by atoms with Crippen molar-refractivity contribution in [3.8, 4) is 5.88 Å². The number of pyridine rings is 1. The summed E-state index contributed by atoms with van der Waals surface area (Å²) in [7, 11) is 1.43. The number of nitrogens with one attached hydrogen (secondary N) is 2. The quantitative estimate of drug-likeness (QED) is 0.790. The van der Waals surface area contributed by atoms with Crippen LogP contribution in [0.5, 0.6) is 5.88 Å². The number of carbonyl (C=O) groups excluding carboxylic acids is 2. The molecule has 2 N–H and O–H groups in total. The van der Waals surface area contributed by atoms with Crippen molar-refractivity contribution in [1.82, 2.24) is 15.6 Å². The number of hydrogen-bond donors (Lipinski definition) is 2. The normalized spacial score (nSPS) is 10.1. The molecule has 0 spiro atoms. The molecule has 0 aliphatic rings. The Morgan fingerprint density at radius 3 is 2.54 bits per heavy atom. The van der Waals surface area contributed by atoms with Crippen molar-refractivity contribution in [3.05, 3.63) is 59.0 Å². The molecule has 0 atom stereocenters. The van der Waals surface area contributed by atoms with Crippen molar-refractivity contribution < 1.29 is 18.7 Å². The van der Waals surface area contributed by atoms with Gasteiger partial charge in [-0.05, 0) is 36.8 Å². The Hall–Kier alpha value is -2.96. The van der Waals surface area contributed by atoms with E-state index in [4.69, 9.17) is 4.74 Å². The second kappa shape index (κ2) is 8.05. The van der Waals surface area contributed by atoms with E-state index in [2.05, 4.69) is 15.6 Å². The van der Waals surface area contributed by atoms with Gasteiger partial charge in [-0.25, -0.2) is 9.37 Å². The Kier molecular flexibility index (Phi) is 5.83. The molecule has 0 aliphatic carbocycles. The number of amides is 2. The summed E-state index contributed by atoms with van der Waals surface area (Å²) in [6.07, 6.45) is 1.52. The smallest absolute Gasteiger partial charge is 0.256 e. The number of aromatic nitrogens is 1. The minimum atomic E-state index is -0.431. The molecule has 0 unspecified atom stereocenters. The van der Waals surface area contributed by atoms with Gasteiger partial charge in [0.05, 0.1) is 7.11 Å². The van der Waals surface area contributed by atoms with Crippen LogP contribution in [0.15, 0.2) is 36.5 Å². The number of hydrogen-bond acceptors (Lipinski definition) is 4. The van der Waals surface area contributed by atoms with E-state index in [1.807, 2.05) is 0 Å². The highest BCUT2D eigenvalue weighted by Crippen LogP contribution is 2.12. The van der Waals surface area contributed by atoms with Crippen molar-refractivity contribution in [1.29, 1.82) is 0 Å². The monoisotopic (exact) mass is 331 g/mol. The number of carbonyl (C=O) groups is 2. The number of benzene rings is 1. The molecule has 1 heterocycles. The van der Waals surface area contributed by atoms with Crippen molar-refractivity contribution >= 4 is 11.8 Å². The molecule has 0 radical (unpaired) electrons. The Balaban J connectivity index is 1.83. The lowest BCUT2D eigenvalue weighted by Crippen LogP contribution is -2.34. The third-order valence-electron chi connectivity index (χ3n) is 3.34. The topological polar surface area (TPSA) is 80.3 Å². The molecule has 0 aliphatic heterocycles. The highest BCUT2D eigenvalue weighted by Gasteiger charge is 2.12. The van der Waals surface area contributed by atoms with Crippen LogP contribution in [0, 0.1) is 12.7 Å². The van der Waals surface area contributed by atoms with Crippen molar-refractivity contribution in [2.75, 3.05) is 20.2 Å². The first kappa shape index (κ1) is 17.4. The fourth-order valence-electron chi connectivity index (χ4n) is 2.01. The average Bonchev–Trinajstić information content (AvgIpc) is 2.60. The molecule has 0 fully saturated rings. The van der Waals surface area contributed by atoms with Gasteiger partial charge in [0.2, 0.25) is 5.88 Å². The van der Waals surface area contributed by atoms with E-state index in [0.29, 0.717) is 11.1 Å². The predicted molar refractivity (Wildman–Crippen MR) is 86.6 cm³/mol. The van der Waals surface area contributed by atoms with Crippen LogP contribution in [-0.2, 0) is 0 Å². The highest BCUT2D eigenvalue weighted by atomic mass is 19.1. The highest BCUT2D eigenvalue weighted by molar-refractivity contribution is 5.96. The summed E-state index contributed by atoms with van der Waals surface area (Å²) in [6, 6.07) is 7.50. The maximum absolute atomic E-state index is 13.4. The summed E-state index contributed by atoms with van der Waals surface area (Å²) in [5, 5.41) is 5.27. The lowest BCUT2D eigenvalue weighted by molar-refractivity contribution is 0.0925. The van der Waals surface area contributed by atoms with Crippen molar-refractivity contribution in [2.24, 2.45) is 0 Å². The van der Waals surface area contributed by atoms with Crippen LogP contribution in [-0.4, -0.2) is 37.0 Å². The van der Waals surface area contributed by atoms with Crippen molar-refractivity contribution in [3.63, 3.8) is 0 Å². The summed E-state index contributed by atoms with van der Waals surface area (Å²) in [4.78, 5) is 27.9. The van der Waals surface area contributed by atoms with Gasteiger partial charge in [-0.2, -0.15) is 0 Å². The van der Waals surface area contributed by atoms with Gasteiger partial charge >= 0.3 is 0 Å². The summed E-state index contributed by atoms with van der Waals surface area (Å²) < 4.78 is 18.5. The number of methoxy groups -OCH3 is 1. The number of aryl methyl sites for hydroxylation is 1. The Morgan fingerprint density at radius 1 is 1.17 bits per heavy atom. The molecule has 0 saturated carbocycles. The predicted octanol–water partition coefficient (Wildman–Crippen LogP) is 1.70. The van der Waals surface area contributed by atoms with Gasteiger partial charge < -0.3 is 15.4 Å². The zero-order valence-corrected chi connectivity index (χ0v) is 13.4. The number of nitrogens with zero attached hydrogens (tertiary/aromatic N) is 1. The molecule has 6 nitrogen and oxygen atoms in total. The van der Waals surface area contributed by atoms with Gasteiger partial charge in [-0.3, -0.25) is 9.59 Å². The first-order valence-corrected chi connectivity index (χ1v) is 7.34. The zero-order valence-electron chi connectivity index (χ0n) is 13.4. The minimum Gasteiger partial charge on any atom is -0.480 e. The lowest BCUT2D eigenvalue weighted by Gasteiger charge is -2.09. The van der Waals surface area contributed by atoms with Crippen molar-refractivity contribution in [2.45, 2.75) is 6.92 Å². The largest absolute Gasteiger partial charge is 0.480 e. The van der Waals surface area contributed by atoms with E-state index in [1.54, 1.807) is 31.2 Å². The summed E-state index contributed by atoms with van der Waals surface area (Å²) in [6.45, 7) is 2.05. The maximum atomic E-state index is 13.4. The Labute approximate surface area is 139 Å². The van der Waals surface area contributed by atoms with E-state index < -0.39 is 11.7 Å². The van der Waals surface area contributed by atoms with E-state index in [1.165, 1.54) is 19.4 Å². The van der Waals surface area contributed by atoms with Crippen LogP contribution in [0.3, 0.4) is 0 Å². The summed E-state index contributed by atoms with van der Waals surface area (Å²) >= 11 is 0. The van der Waals surface area contributed by atoms with Crippen LogP contribution in [0.4, 0.5) is 4.39 Å². The minimum absolute atomic E-state index is 0.211. The van der Waals surface area contributed by atoms with E-state index in [9.17, 15) is 14.0 Å². The standard InChI is InChI=1S/C17H18FN3O3/c1-11-5-6-12(10-14(11)18)15(22)19-8-9-20-16(23)13-4-3-7-21-17(13)24-2/h3-7,10H,8-9H2,1-2H3,(H,19,22)(H,20,23). The SMILES string of the molecule is COc1ncccc1C(=O)NCCNC(=O)c1ccc(C)c(F)c1. The van der Waals surface area contributed by atoms with E-state index >= 15 is 0 Å². The van der Waals surface area contributed by atoms with Gasteiger partial charge in [0, 0.05) is 24.8 Å². The Bertz CT molecular complexity index is 750. The fourth-order valence-corrected chi connectivity index (χ4v) is 2.01. The second-order valence-electron chi connectivity index (χ2n) is 5.04. The second-order valence-corrected chi connectivity index (χ2v) is 5.04. The molecule has 0 bridgehead atoms. The number of rotatable bonds is 6. The maximum Gasteiger partial charge on any atom is 0.256 e. The molecule has 24 heavy (non-hydrogen) atoms.